The molecule has 7 heteroatoms. The molecule has 5 aliphatic rings. The lowest BCUT2D eigenvalue weighted by atomic mass is 9.35. The van der Waals surface area contributed by atoms with Crippen LogP contribution in [0, 0.1) is 67.6 Å². The predicted molar refractivity (Wildman–Crippen MR) is 164 cm³/mol. The van der Waals surface area contributed by atoms with Crippen molar-refractivity contribution in [1.29, 1.82) is 10.5 Å². The van der Waals surface area contributed by atoms with Gasteiger partial charge in [-0.1, -0.05) is 60.1 Å². The molecule has 2 unspecified atom stereocenters. The van der Waals surface area contributed by atoms with Crippen LogP contribution in [0.5, 0.6) is 0 Å². The van der Waals surface area contributed by atoms with E-state index in [1.165, 1.54) is 5.57 Å². The maximum absolute atomic E-state index is 14.6. The summed E-state index contributed by atoms with van der Waals surface area (Å²) in [5.41, 5.74) is 1.50. The van der Waals surface area contributed by atoms with Gasteiger partial charge in [0.25, 0.3) is 0 Å². The first-order chi connectivity index (χ1) is 18.9. The molecule has 5 aliphatic carbocycles. The van der Waals surface area contributed by atoms with Crippen molar-refractivity contribution < 1.29 is 9.00 Å². The summed E-state index contributed by atoms with van der Waals surface area (Å²) < 4.78 is 16.4. The highest BCUT2D eigenvalue weighted by Gasteiger charge is 2.69. The van der Waals surface area contributed by atoms with Gasteiger partial charge in [-0.2, -0.15) is 10.5 Å². The lowest BCUT2D eigenvalue weighted by Gasteiger charge is -2.69. The number of hydrogen-bond acceptors (Lipinski definition) is 6. The monoisotopic (exact) mass is 578 g/mol. The van der Waals surface area contributed by atoms with Crippen molar-refractivity contribution in [2.75, 3.05) is 18.6 Å². The molecule has 0 saturated heterocycles. The molecule has 0 heterocycles. The highest BCUT2D eigenvalue weighted by atomic mass is 32.2. The van der Waals surface area contributed by atoms with Gasteiger partial charge in [-0.25, -0.2) is 4.21 Å². The van der Waals surface area contributed by atoms with Crippen LogP contribution in [-0.2, 0) is 14.5 Å². The van der Waals surface area contributed by atoms with Crippen LogP contribution in [-0.4, -0.2) is 34.1 Å². The van der Waals surface area contributed by atoms with Gasteiger partial charge in [-0.15, -0.1) is 4.36 Å². The molecule has 0 radical (unpaired) electrons. The second-order valence-corrected chi connectivity index (χ2v) is 18.9. The molecular weight excluding hydrogens is 528 g/mol. The maximum Gasteiger partial charge on any atom is 0.214 e. The maximum atomic E-state index is 14.6. The summed E-state index contributed by atoms with van der Waals surface area (Å²) in [5, 5.41) is 22.8. The Labute approximate surface area is 248 Å². The molecule has 8 atom stereocenters. The third-order valence-corrected chi connectivity index (χ3v) is 14.4. The molecule has 41 heavy (non-hydrogen) atoms. The Morgan fingerprint density at radius 3 is 2.39 bits per heavy atom. The van der Waals surface area contributed by atoms with Gasteiger partial charge in [-0.3, -0.25) is 4.79 Å². The van der Waals surface area contributed by atoms with E-state index >= 15 is 0 Å². The lowest BCUT2D eigenvalue weighted by Crippen LogP contribution is -2.69. The molecule has 0 amide bonds. The Hall–Kier alpha value is -1.96. The Balaban J connectivity index is 1.58. The van der Waals surface area contributed by atoms with Gasteiger partial charge >= 0.3 is 0 Å². The molecule has 0 bridgehead atoms. The average Bonchev–Trinajstić information content (AvgIpc) is 2.85. The molecule has 0 aromatic carbocycles. The quantitative estimate of drug-likeness (QED) is 0.363. The van der Waals surface area contributed by atoms with Crippen LogP contribution in [0.25, 0.3) is 0 Å². The number of ketones is 1. The fourth-order valence-electron chi connectivity index (χ4n) is 10.8. The van der Waals surface area contributed by atoms with E-state index in [0.29, 0.717) is 18.2 Å². The summed E-state index contributed by atoms with van der Waals surface area (Å²) in [6.07, 6.45) is 15.6. The lowest BCUT2D eigenvalue weighted by molar-refractivity contribution is -0.160. The zero-order chi connectivity index (χ0) is 30.3. The fourth-order valence-corrected chi connectivity index (χ4v) is 11.5. The van der Waals surface area contributed by atoms with E-state index in [1.54, 1.807) is 12.4 Å². The standard InChI is InChI=1S/C34H50N4O2S/c1-29(2)11-13-34(37-15-16-41(8,40)38-22-36)14-12-33(7)28(24(34)20-29)25(39)17-27-31(5)19-23(21-35)18-30(3,4)26(31)9-10-32(27,33)6/h17,19,24,26,28,37H,9-16,18,20H2,1-8H3/t24?,26-,28-,31-,32+,33+,34-,41?/m0/s1. The van der Waals surface area contributed by atoms with E-state index in [9.17, 15) is 14.3 Å². The number of carbonyl (C=O) groups excluding carboxylic acids is 1. The second kappa shape index (κ2) is 9.52. The first kappa shape index (κ1) is 30.5. The Kier molecular flexibility index (Phi) is 7.08. The molecule has 0 aliphatic heterocycles. The third-order valence-electron chi connectivity index (χ3n) is 13.0. The first-order valence-electron chi connectivity index (χ1n) is 15.6. The molecule has 0 aromatic rings. The normalized spacial score (nSPS) is 43.8. The minimum Gasteiger partial charge on any atom is -0.310 e. The van der Waals surface area contributed by atoms with Crippen LogP contribution in [0.15, 0.2) is 27.7 Å². The third kappa shape index (κ3) is 4.56. The highest BCUT2D eigenvalue weighted by Crippen LogP contribution is 2.73. The van der Waals surface area contributed by atoms with E-state index in [4.69, 9.17) is 5.26 Å². The van der Waals surface area contributed by atoms with Crippen LogP contribution >= 0.6 is 0 Å². The van der Waals surface area contributed by atoms with Crippen molar-refractivity contribution in [1.82, 2.24) is 5.32 Å². The van der Waals surface area contributed by atoms with Crippen molar-refractivity contribution >= 4 is 15.5 Å². The van der Waals surface area contributed by atoms with Crippen molar-refractivity contribution in [2.45, 2.75) is 105 Å². The Bertz CT molecular complexity index is 1420. The van der Waals surface area contributed by atoms with Gasteiger partial charge in [0.1, 0.15) is 0 Å². The number of hydrogen-bond donors (Lipinski definition) is 1. The summed E-state index contributed by atoms with van der Waals surface area (Å²) in [5.74, 6) is 1.11. The molecule has 0 spiro atoms. The summed E-state index contributed by atoms with van der Waals surface area (Å²) in [6, 6.07) is 2.49. The van der Waals surface area contributed by atoms with Crippen LogP contribution in [0.2, 0.25) is 0 Å². The minimum absolute atomic E-state index is 0.00640. The van der Waals surface area contributed by atoms with Crippen molar-refractivity contribution in [2.24, 2.45) is 49.2 Å². The van der Waals surface area contributed by atoms with Crippen LogP contribution < -0.4 is 5.32 Å². The smallest absolute Gasteiger partial charge is 0.214 e. The van der Waals surface area contributed by atoms with Crippen molar-refractivity contribution in [3.8, 4) is 12.3 Å². The topological polar surface area (TPSA) is 106 Å². The Morgan fingerprint density at radius 1 is 1.05 bits per heavy atom. The average molecular weight is 579 g/mol. The van der Waals surface area contributed by atoms with E-state index < -0.39 is 9.73 Å². The first-order valence-corrected chi connectivity index (χ1v) is 17.7. The van der Waals surface area contributed by atoms with Gasteiger partial charge in [0.2, 0.25) is 6.19 Å². The number of carbonyl (C=O) groups is 1. The number of fused-ring (bicyclic) bond motifs is 7. The minimum atomic E-state index is -2.56. The number of nitrogens with zero attached hydrogens (tertiary/aromatic N) is 3. The highest BCUT2D eigenvalue weighted by molar-refractivity contribution is 7.93. The number of allylic oxidation sites excluding steroid dienone is 4. The van der Waals surface area contributed by atoms with E-state index in [1.807, 2.05) is 6.08 Å². The molecule has 224 valence electrons. The summed E-state index contributed by atoms with van der Waals surface area (Å²) in [4.78, 5) is 14.6. The molecular formula is C34H50N4O2S. The van der Waals surface area contributed by atoms with Crippen molar-refractivity contribution in [3.63, 3.8) is 0 Å². The van der Waals surface area contributed by atoms with Crippen LogP contribution in [0.1, 0.15) is 99.8 Å². The summed E-state index contributed by atoms with van der Waals surface area (Å²) >= 11 is 0. The Morgan fingerprint density at radius 2 is 1.73 bits per heavy atom. The molecule has 6 nitrogen and oxygen atoms in total. The van der Waals surface area contributed by atoms with E-state index in [0.717, 1.165) is 56.9 Å². The summed E-state index contributed by atoms with van der Waals surface area (Å²) in [6.45, 7) is 17.0. The number of nitriles is 2. The van der Waals surface area contributed by atoms with Gasteiger partial charge in [0.15, 0.2) is 5.78 Å². The van der Waals surface area contributed by atoms with Gasteiger partial charge in [-0.05, 0) is 90.9 Å². The molecule has 5 rings (SSSR count). The molecule has 3 saturated carbocycles. The second-order valence-electron chi connectivity index (χ2n) is 16.4. The summed E-state index contributed by atoms with van der Waals surface area (Å²) in [7, 11) is -2.56. The molecule has 3 fully saturated rings. The van der Waals surface area contributed by atoms with Crippen LogP contribution in [0.4, 0.5) is 0 Å². The predicted octanol–water partition coefficient (Wildman–Crippen LogP) is 6.95. The number of rotatable bonds is 4. The zero-order valence-corrected chi connectivity index (χ0v) is 27.3. The van der Waals surface area contributed by atoms with Gasteiger partial charge in [0.05, 0.1) is 15.8 Å². The van der Waals surface area contributed by atoms with Gasteiger partial charge in [0, 0.05) is 41.0 Å². The molecule has 1 N–H and O–H groups in total. The van der Waals surface area contributed by atoms with Gasteiger partial charge < -0.3 is 5.32 Å². The van der Waals surface area contributed by atoms with E-state index in [-0.39, 0.29) is 50.2 Å². The number of nitrogens with one attached hydrogen (secondary N) is 1. The largest absolute Gasteiger partial charge is 0.310 e. The van der Waals surface area contributed by atoms with E-state index in [2.05, 4.69) is 70.3 Å². The van der Waals surface area contributed by atoms with Crippen LogP contribution in [0.3, 0.4) is 0 Å². The SMILES string of the molecule is CC1(C)CC[C@]2(NCCS(C)(=O)=NC#N)CC[C@]3(C)[C@H](C(=O)C=C4[C@@]5(C)C=C(C#N)CC(C)(C)[C@@H]5CC[C@]43C)C2C1. The molecule has 0 aromatic heterocycles. The van der Waals surface area contributed by atoms with Crippen molar-refractivity contribution in [3.05, 3.63) is 23.3 Å². The zero-order valence-electron chi connectivity index (χ0n) is 26.5. The fraction of sp³-hybridized carbons (Fsp3) is 0.794.